The lowest BCUT2D eigenvalue weighted by atomic mass is 10.2. The normalized spacial score (nSPS) is 10.7. The van der Waals surface area contributed by atoms with Crippen LogP contribution in [-0.2, 0) is 13.1 Å². The average Bonchev–Trinajstić information content (AvgIpc) is 2.85. The van der Waals surface area contributed by atoms with Crippen molar-refractivity contribution >= 4 is 5.69 Å². The molecule has 0 atom stereocenters. The third-order valence-corrected chi connectivity index (χ3v) is 2.87. The van der Waals surface area contributed by atoms with E-state index in [2.05, 4.69) is 15.2 Å². The Morgan fingerprint density at radius 1 is 1.32 bits per heavy atom. The van der Waals surface area contributed by atoms with Crippen LogP contribution in [0.4, 0.5) is 10.1 Å². The van der Waals surface area contributed by atoms with Crippen LogP contribution in [0.3, 0.4) is 0 Å². The summed E-state index contributed by atoms with van der Waals surface area (Å²) in [5.74, 6) is -0.228. The molecule has 0 bridgehead atoms. The van der Waals surface area contributed by atoms with Crippen LogP contribution in [0.25, 0.3) is 0 Å². The van der Waals surface area contributed by atoms with Crippen LogP contribution in [0.5, 0.6) is 0 Å². The van der Waals surface area contributed by atoms with Gasteiger partial charge in [0.25, 0.3) is 0 Å². The number of nitrogens with two attached hydrogens (primary N) is 1. The summed E-state index contributed by atoms with van der Waals surface area (Å²) >= 11 is 0. The molecular weight excluding hydrogens is 245 g/mol. The minimum atomic E-state index is -0.228. The van der Waals surface area contributed by atoms with E-state index >= 15 is 0 Å². The van der Waals surface area contributed by atoms with Crippen LogP contribution in [0.15, 0.2) is 30.5 Å². The maximum absolute atomic E-state index is 12.9. The van der Waals surface area contributed by atoms with Gasteiger partial charge < -0.3 is 10.6 Å². The quantitative estimate of drug-likeness (QED) is 0.856. The number of aromatic nitrogens is 3. The molecule has 2 N–H and O–H groups in total. The molecule has 5 nitrogen and oxygen atoms in total. The Morgan fingerprint density at radius 3 is 2.68 bits per heavy atom. The zero-order valence-electron chi connectivity index (χ0n) is 11.0. The topological polar surface area (TPSA) is 60.0 Å². The van der Waals surface area contributed by atoms with Crippen LogP contribution in [-0.4, -0.2) is 28.1 Å². The van der Waals surface area contributed by atoms with Crippen molar-refractivity contribution in [1.82, 2.24) is 15.0 Å². The van der Waals surface area contributed by atoms with Gasteiger partial charge in [-0.05, 0) is 31.2 Å². The zero-order valence-corrected chi connectivity index (χ0v) is 11.0. The smallest absolute Gasteiger partial charge is 0.123 e. The number of hydrogen-bond acceptors (Lipinski definition) is 4. The first-order chi connectivity index (χ1) is 9.22. The van der Waals surface area contributed by atoms with Crippen LogP contribution in [0.1, 0.15) is 12.6 Å². The first-order valence-electron chi connectivity index (χ1n) is 6.32. The van der Waals surface area contributed by atoms with E-state index in [4.69, 9.17) is 5.73 Å². The molecule has 1 aromatic heterocycles. The molecule has 19 heavy (non-hydrogen) atoms. The van der Waals surface area contributed by atoms with Crippen molar-refractivity contribution in [2.75, 3.05) is 18.0 Å². The summed E-state index contributed by atoms with van der Waals surface area (Å²) < 4.78 is 14.6. The molecule has 6 heteroatoms. The van der Waals surface area contributed by atoms with Gasteiger partial charge in [-0.2, -0.15) is 0 Å². The van der Waals surface area contributed by atoms with Crippen molar-refractivity contribution in [3.63, 3.8) is 0 Å². The van der Waals surface area contributed by atoms with Crippen molar-refractivity contribution in [2.24, 2.45) is 5.73 Å². The van der Waals surface area contributed by atoms with Gasteiger partial charge in [0.1, 0.15) is 11.5 Å². The van der Waals surface area contributed by atoms with Crippen LogP contribution < -0.4 is 10.6 Å². The highest BCUT2D eigenvalue weighted by atomic mass is 19.1. The van der Waals surface area contributed by atoms with Crippen molar-refractivity contribution in [1.29, 1.82) is 0 Å². The maximum atomic E-state index is 12.9. The lowest BCUT2D eigenvalue weighted by Gasteiger charge is -2.21. The van der Waals surface area contributed by atoms with E-state index in [0.29, 0.717) is 19.6 Å². The van der Waals surface area contributed by atoms with Crippen molar-refractivity contribution in [3.05, 3.63) is 42.0 Å². The fourth-order valence-corrected chi connectivity index (χ4v) is 1.89. The zero-order chi connectivity index (χ0) is 13.7. The van der Waals surface area contributed by atoms with E-state index in [-0.39, 0.29) is 5.82 Å². The van der Waals surface area contributed by atoms with Gasteiger partial charge in [-0.3, -0.25) is 4.68 Å². The van der Waals surface area contributed by atoms with E-state index in [1.165, 1.54) is 12.1 Å². The monoisotopic (exact) mass is 263 g/mol. The Labute approximate surface area is 111 Å². The molecular formula is C13H18FN5. The van der Waals surface area contributed by atoms with Gasteiger partial charge in [-0.25, -0.2) is 4.39 Å². The molecule has 1 aromatic carbocycles. The first-order valence-corrected chi connectivity index (χ1v) is 6.32. The lowest BCUT2D eigenvalue weighted by molar-refractivity contribution is 0.598. The van der Waals surface area contributed by atoms with Gasteiger partial charge in [-0.15, -0.1) is 5.10 Å². The summed E-state index contributed by atoms with van der Waals surface area (Å²) in [6, 6.07) is 6.46. The second-order valence-electron chi connectivity index (χ2n) is 4.25. The molecule has 0 saturated heterocycles. The molecule has 0 unspecified atom stereocenters. The fraction of sp³-hybridized carbons (Fsp3) is 0.385. The van der Waals surface area contributed by atoms with E-state index < -0.39 is 0 Å². The third kappa shape index (κ3) is 3.51. The van der Waals surface area contributed by atoms with E-state index in [1.807, 2.05) is 13.1 Å². The summed E-state index contributed by atoms with van der Waals surface area (Å²) in [6.45, 7) is 4.71. The number of rotatable bonds is 6. The van der Waals surface area contributed by atoms with Gasteiger partial charge in [0.2, 0.25) is 0 Å². The van der Waals surface area contributed by atoms with Gasteiger partial charge in [0, 0.05) is 18.8 Å². The van der Waals surface area contributed by atoms with E-state index in [1.54, 1.807) is 16.8 Å². The summed E-state index contributed by atoms with van der Waals surface area (Å²) in [7, 11) is 0. The Kier molecular flexibility index (Phi) is 4.46. The third-order valence-electron chi connectivity index (χ3n) is 2.87. The Bertz CT molecular complexity index is 508. The molecule has 0 fully saturated rings. The largest absolute Gasteiger partial charge is 0.366 e. The van der Waals surface area contributed by atoms with Gasteiger partial charge in [0.15, 0.2) is 0 Å². The van der Waals surface area contributed by atoms with Crippen molar-refractivity contribution in [3.8, 4) is 0 Å². The SMILES string of the molecule is CCN(Cc1cn(CCN)nn1)c1ccc(F)cc1. The molecule has 0 aliphatic heterocycles. The number of halogens is 1. The minimum Gasteiger partial charge on any atom is -0.366 e. The summed E-state index contributed by atoms with van der Waals surface area (Å²) in [6.07, 6.45) is 1.89. The van der Waals surface area contributed by atoms with Crippen LogP contribution >= 0.6 is 0 Å². The van der Waals surface area contributed by atoms with Crippen molar-refractivity contribution < 1.29 is 4.39 Å². The number of hydrogen-bond donors (Lipinski definition) is 1. The molecule has 0 aliphatic carbocycles. The summed E-state index contributed by atoms with van der Waals surface area (Å²) in [4.78, 5) is 2.11. The fourth-order valence-electron chi connectivity index (χ4n) is 1.89. The standard InChI is InChI=1S/C13H18FN5/c1-2-18(13-5-3-11(14)4-6-13)9-12-10-19(8-7-15)17-16-12/h3-6,10H,2,7-9,15H2,1H3. The summed E-state index contributed by atoms with van der Waals surface area (Å²) in [5, 5.41) is 8.11. The predicted octanol–water partition coefficient (Wildman–Crippen LogP) is 1.40. The highest BCUT2D eigenvalue weighted by Gasteiger charge is 2.08. The Hall–Kier alpha value is -1.95. The molecule has 2 rings (SSSR count). The molecule has 0 radical (unpaired) electrons. The molecule has 0 amide bonds. The first kappa shape index (κ1) is 13.5. The van der Waals surface area contributed by atoms with E-state index in [0.717, 1.165) is 17.9 Å². The predicted molar refractivity (Wildman–Crippen MR) is 72.2 cm³/mol. The van der Waals surface area contributed by atoms with Gasteiger partial charge in [0.05, 0.1) is 19.3 Å². The molecule has 0 spiro atoms. The number of benzene rings is 1. The van der Waals surface area contributed by atoms with Gasteiger partial charge >= 0.3 is 0 Å². The minimum absolute atomic E-state index is 0.228. The average molecular weight is 263 g/mol. The molecule has 102 valence electrons. The van der Waals surface area contributed by atoms with Crippen LogP contribution in [0, 0.1) is 5.82 Å². The molecule has 2 aromatic rings. The lowest BCUT2D eigenvalue weighted by Crippen LogP contribution is -2.22. The summed E-state index contributed by atoms with van der Waals surface area (Å²) in [5.41, 5.74) is 7.31. The highest BCUT2D eigenvalue weighted by Crippen LogP contribution is 2.16. The number of anilines is 1. The van der Waals surface area contributed by atoms with Gasteiger partial charge in [-0.1, -0.05) is 5.21 Å². The Morgan fingerprint density at radius 2 is 2.05 bits per heavy atom. The second-order valence-corrected chi connectivity index (χ2v) is 4.25. The van der Waals surface area contributed by atoms with Crippen molar-refractivity contribution in [2.45, 2.75) is 20.0 Å². The maximum Gasteiger partial charge on any atom is 0.123 e. The molecule has 0 aliphatic rings. The molecule has 1 heterocycles. The number of nitrogens with zero attached hydrogens (tertiary/aromatic N) is 4. The Balaban J connectivity index is 2.07. The molecule has 0 saturated carbocycles. The van der Waals surface area contributed by atoms with E-state index in [9.17, 15) is 4.39 Å². The highest BCUT2D eigenvalue weighted by molar-refractivity contribution is 5.46. The second kappa shape index (κ2) is 6.29. The van der Waals surface area contributed by atoms with Crippen LogP contribution in [0.2, 0.25) is 0 Å².